The van der Waals surface area contributed by atoms with Crippen molar-refractivity contribution in [2.45, 2.75) is 51.0 Å². The Bertz CT molecular complexity index is 1320. The summed E-state index contributed by atoms with van der Waals surface area (Å²) in [6.07, 6.45) is -0.591. The number of aliphatic hydroxyl groups is 1. The molecule has 2 aromatic rings. The van der Waals surface area contributed by atoms with Gasteiger partial charge in [-0.05, 0) is 49.6 Å². The van der Waals surface area contributed by atoms with Crippen LogP contribution in [-0.2, 0) is 27.3 Å². The number of piperazine rings is 1. The molecule has 44 heavy (non-hydrogen) atoms. The zero-order valence-electron chi connectivity index (χ0n) is 25.5. The van der Waals surface area contributed by atoms with E-state index in [-0.39, 0.29) is 68.6 Å². The normalized spacial score (nSPS) is 24.6. The molecule has 2 saturated heterocycles. The van der Waals surface area contributed by atoms with Crippen molar-refractivity contribution in [2.24, 2.45) is 0 Å². The molecule has 2 fully saturated rings. The van der Waals surface area contributed by atoms with Crippen molar-refractivity contribution in [3.63, 3.8) is 0 Å². The highest BCUT2D eigenvalue weighted by atomic mass is 19.1. The molecule has 0 radical (unpaired) electrons. The van der Waals surface area contributed by atoms with Gasteiger partial charge in [-0.3, -0.25) is 19.5 Å². The molecule has 0 spiro atoms. The van der Waals surface area contributed by atoms with Gasteiger partial charge in [0.1, 0.15) is 18.1 Å². The third-order valence-corrected chi connectivity index (χ3v) is 8.75. The van der Waals surface area contributed by atoms with Crippen molar-refractivity contribution in [3.8, 4) is 5.88 Å². The van der Waals surface area contributed by atoms with Crippen LogP contribution in [0.25, 0.3) is 0 Å². The van der Waals surface area contributed by atoms with Crippen LogP contribution < -0.4 is 9.64 Å². The van der Waals surface area contributed by atoms with E-state index in [4.69, 9.17) is 14.2 Å². The third kappa shape index (κ3) is 7.13. The minimum absolute atomic E-state index is 0.0654. The molecule has 12 nitrogen and oxygen atoms in total. The molecule has 1 aromatic carbocycles. The number of aromatic nitrogens is 1. The number of nitrogens with zero attached hydrogens (tertiary/aromatic N) is 5. The number of hydrogen-bond donors (Lipinski definition) is 2. The number of halogens is 1. The number of hydrogen-bond acceptors (Lipinski definition) is 9. The number of amides is 2. The largest absolute Gasteiger partial charge is 0.474 e. The summed E-state index contributed by atoms with van der Waals surface area (Å²) in [6.45, 7) is 7.36. The predicted octanol–water partition coefficient (Wildman–Crippen LogP) is 1.82. The summed E-state index contributed by atoms with van der Waals surface area (Å²) in [7, 11) is 1.57. The quantitative estimate of drug-likeness (QED) is 0.431. The zero-order chi connectivity index (χ0) is 31.4. The zero-order valence-corrected chi connectivity index (χ0v) is 25.5. The molecule has 2 N–H and O–H groups in total. The van der Waals surface area contributed by atoms with Crippen LogP contribution in [-0.4, -0.2) is 132 Å². The molecule has 240 valence electrons. The van der Waals surface area contributed by atoms with E-state index >= 15 is 0 Å². The molecular formula is C31H42FN5O7. The fourth-order valence-corrected chi connectivity index (χ4v) is 6.35. The number of methoxy groups -OCH3 is 1. The molecule has 0 bridgehead atoms. The molecule has 13 heteroatoms. The van der Waals surface area contributed by atoms with Gasteiger partial charge >= 0.3 is 6.09 Å². The molecule has 0 unspecified atom stereocenters. The lowest BCUT2D eigenvalue weighted by Gasteiger charge is -2.47. The van der Waals surface area contributed by atoms with Gasteiger partial charge in [0.2, 0.25) is 11.8 Å². The molecule has 0 saturated carbocycles. The second-order valence-corrected chi connectivity index (χ2v) is 11.8. The highest BCUT2D eigenvalue weighted by Gasteiger charge is 2.40. The van der Waals surface area contributed by atoms with Crippen LogP contribution in [0.2, 0.25) is 0 Å². The van der Waals surface area contributed by atoms with Crippen molar-refractivity contribution in [1.29, 1.82) is 0 Å². The number of carbonyl (C=O) groups excluding carboxylic acids is 1. The van der Waals surface area contributed by atoms with E-state index in [2.05, 4.69) is 21.7 Å². The van der Waals surface area contributed by atoms with Crippen LogP contribution >= 0.6 is 0 Å². The van der Waals surface area contributed by atoms with E-state index in [0.717, 1.165) is 12.1 Å². The number of fused-ring (bicyclic) bond motifs is 1. The van der Waals surface area contributed by atoms with E-state index in [0.29, 0.717) is 49.7 Å². The number of morpholine rings is 1. The van der Waals surface area contributed by atoms with Gasteiger partial charge in [-0.1, -0.05) is 12.1 Å². The van der Waals surface area contributed by atoms with E-state index in [1.54, 1.807) is 24.1 Å². The first-order chi connectivity index (χ1) is 21.2. The topological polar surface area (TPSA) is 128 Å². The lowest BCUT2D eigenvalue weighted by molar-refractivity contribution is -0.123. The van der Waals surface area contributed by atoms with Crippen LogP contribution in [0.15, 0.2) is 30.3 Å². The average Bonchev–Trinajstić information content (AvgIpc) is 3.00. The van der Waals surface area contributed by atoms with Crippen molar-refractivity contribution >= 4 is 17.7 Å². The molecule has 3 aliphatic heterocycles. The van der Waals surface area contributed by atoms with Gasteiger partial charge in [0.05, 0.1) is 44.7 Å². The van der Waals surface area contributed by atoms with Gasteiger partial charge in [0.25, 0.3) is 0 Å². The lowest BCUT2D eigenvalue weighted by atomic mass is 10.0. The summed E-state index contributed by atoms with van der Waals surface area (Å²) in [5, 5.41) is 20.0. The minimum atomic E-state index is -0.967. The van der Waals surface area contributed by atoms with Gasteiger partial charge in [-0.25, -0.2) is 14.2 Å². The number of ether oxygens (including phenoxy) is 3. The van der Waals surface area contributed by atoms with Crippen molar-refractivity contribution in [2.75, 3.05) is 71.2 Å². The Morgan fingerprint density at radius 1 is 1.09 bits per heavy atom. The summed E-state index contributed by atoms with van der Waals surface area (Å²) in [6, 6.07) is 7.21. The van der Waals surface area contributed by atoms with E-state index in [1.165, 1.54) is 17.0 Å². The van der Waals surface area contributed by atoms with E-state index in [9.17, 15) is 24.2 Å². The smallest absolute Gasteiger partial charge is 0.407 e. The Balaban J connectivity index is 1.44. The molecule has 2 amide bonds. The van der Waals surface area contributed by atoms with Gasteiger partial charge in [-0.15, -0.1) is 0 Å². The number of pyridine rings is 1. The van der Waals surface area contributed by atoms with Crippen LogP contribution in [0.5, 0.6) is 5.88 Å². The average molecular weight is 616 g/mol. The number of aliphatic hydroxyl groups excluding tert-OH is 1. The monoisotopic (exact) mass is 615 g/mol. The fraction of sp³-hybridized carbons (Fsp3) is 0.581. The maximum atomic E-state index is 14.3. The van der Waals surface area contributed by atoms with E-state index in [1.807, 2.05) is 13.0 Å². The number of rotatable bonds is 9. The summed E-state index contributed by atoms with van der Waals surface area (Å²) in [5.74, 6) is -0.272. The summed E-state index contributed by atoms with van der Waals surface area (Å²) in [4.78, 5) is 38.4. The second-order valence-electron chi connectivity index (χ2n) is 11.8. The molecule has 3 aliphatic rings. The standard InChI is InChI=1S/C31H42FN5O7/c1-20-12-35(25(14-36(20)31(40)41)13-34-8-9-43-17-21(34)2)15-29(39)37-26(18-42-3)19-44-30-28(37)11-23(27(16-38)33-30)10-22-4-6-24(32)7-5-22/h4-7,11,20-21,25-26,38H,8-10,12-19H2,1-3H3,(H,40,41)/t20-,21-,25+,26+/m1/s1. The van der Waals surface area contributed by atoms with Crippen molar-refractivity contribution in [3.05, 3.63) is 53.0 Å². The Morgan fingerprint density at radius 3 is 2.55 bits per heavy atom. The molecule has 4 atom stereocenters. The number of carboxylic acid groups (broad SMARTS) is 1. The Hall–Kier alpha value is -3.36. The molecule has 1 aromatic heterocycles. The molecule has 4 heterocycles. The van der Waals surface area contributed by atoms with Crippen LogP contribution in [0.3, 0.4) is 0 Å². The molecule has 5 rings (SSSR count). The third-order valence-electron chi connectivity index (χ3n) is 8.75. The summed E-state index contributed by atoms with van der Waals surface area (Å²) >= 11 is 0. The lowest BCUT2D eigenvalue weighted by Crippen LogP contribution is -2.64. The van der Waals surface area contributed by atoms with Gasteiger partial charge in [0.15, 0.2) is 0 Å². The second kappa shape index (κ2) is 14.2. The van der Waals surface area contributed by atoms with Crippen molar-refractivity contribution < 1.29 is 38.4 Å². The number of anilines is 1. The minimum Gasteiger partial charge on any atom is -0.474 e. The van der Waals surface area contributed by atoms with Gasteiger partial charge in [0, 0.05) is 51.4 Å². The molecular weight excluding hydrogens is 573 g/mol. The maximum Gasteiger partial charge on any atom is 0.407 e. The first kappa shape index (κ1) is 32.0. The van der Waals surface area contributed by atoms with Crippen LogP contribution in [0.4, 0.5) is 14.9 Å². The summed E-state index contributed by atoms with van der Waals surface area (Å²) in [5.41, 5.74) is 2.42. The van der Waals surface area contributed by atoms with Gasteiger partial charge in [-0.2, -0.15) is 0 Å². The van der Waals surface area contributed by atoms with E-state index < -0.39 is 12.1 Å². The molecule has 0 aliphatic carbocycles. The maximum absolute atomic E-state index is 14.3. The highest BCUT2D eigenvalue weighted by molar-refractivity contribution is 5.97. The summed E-state index contributed by atoms with van der Waals surface area (Å²) < 4.78 is 30.6. The van der Waals surface area contributed by atoms with Crippen molar-refractivity contribution in [1.82, 2.24) is 19.7 Å². The van der Waals surface area contributed by atoms with Gasteiger partial charge < -0.3 is 29.3 Å². The Morgan fingerprint density at radius 2 is 1.86 bits per heavy atom. The first-order valence-corrected chi connectivity index (χ1v) is 15.1. The Labute approximate surface area is 256 Å². The fourth-order valence-electron chi connectivity index (χ4n) is 6.35. The number of carbonyl (C=O) groups is 2. The SMILES string of the molecule is COC[C@H]1COc2nc(CO)c(Cc3ccc(F)cc3)cc2N1C(=O)CN1C[C@@H](C)N(C(=O)O)C[C@@H]1CN1CCOC[C@H]1C. The van der Waals surface area contributed by atoms with Crippen LogP contribution in [0, 0.1) is 5.82 Å². The predicted molar refractivity (Wildman–Crippen MR) is 159 cm³/mol. The Kier molecular flexibility index (Phi) is 10.3. The first-order valence-electron chi connectivity index (χ1n) is 15.1. The number of benzene rings is 1. The highest BCUT2D eigenvalue weighted by Crippen LogP contribution is 2.36. The van der Waals surface area contributed by atoms with Crippen LogP contribution in [0.1, 0.15) is 30.7 Å².